The molecule has 0 saturated heterocycles. The van der Waals surface area contributed by atoms with Gasteiger partial charge in [0.1, 0.15) is 12.4 Å². The lowest BCUT2D eigenvalue weighted by Gasteiger charge is -2.07. The van der Waals surface area contributed by atoms with Crippen molar-refractivity contribution in [1.82, 2.24) is 5.32 Å². The van der Waals surface area contributed by atoms with E-state index in [1.807, 2.05) is 24.3 Å². The van der Waals surface area contributed by atoms with Gasteiger partial charge in [0.25, 0.3) is 0 Å². The maximum atomic E-state index is 9.10. The molecule has 0 spiro atoms. The molecule has 0 unspecified atom stereocenters. The van der Waals surface area contributed by atoms with Crippen molar-refractivity contribution in [3.8, 4) is 5.75 Å². The summed E-state index contributed by atoms with van der Waals surface area (Å²) in [6.07, 6.45) is 0. The van der Waals surface area contributed by atoms with E-state index >= 15 is 0 Å². The van der Waals surface area contributed by atoms with Crippen LogP contribution in [0, 0.1) is 3.57 Å². The van der Waals surface area contributed by atoms with Gasteiger partial charge in [0.2, 0.25) is 0 Å². The molecule has 1 rings (SSSR count). The molecule has 0 aromatic heterocycles. The summed E-state index contributed by atoms with van der Waals surface area (Å²) in [5, 5.41) is 18.0. The van der Waals surface area contributed by atoms with E-state index in [1.165, 1.54) is 3.57 Å². The largest absolute Gasteiger partial charge is 0.492 e. The second-order valence-corrected chi connectivity index (χ2v) is 4.90. The number of halogens is 1. The second-order valence-electron chi connectivity index (χ2n) is 3.66. The van der Waals surface area contributed by atoms with Crippen LogP contribution in [-0.4, -0.2) is 55.6 Å². The van der Waals surface area contributed by atoms with E-state index in [0.29, 0.717) is 6.61 Å². The second kappa shape index (κ2) is 12.4. The first-order chi connectivity index (χ1) is 9.97. The molecule has 3 N–H and O–H groups in total. The molecule has 0 aliphatic heterocycles. The van der Waals surface area contributed by atoms with Crippen LogP contribution in [0.15, 0.2) is 24.3 Å². The van der Waals surface area contributed by atoms with E-state index in [9.17, 15) is 0 Å². The van der Waals surface area contributed by atoms with Gasteiger partial charge in [0.05, 0.1) is 6.61 Å². The van der Waals surface area contributed by atoms with Crippen LogP contribution in [-0.2, 0) is 14.3 Å². The van der Waals surface area contributed by atoms with Crippen molar-refractivity contribution in [2.45, 2.75) is 0 Å². The number of rotatable bonds is 7. The molecule has 21 heavy (non-hydrogen) atoms. The van der Waals surface area contributed by atoms with Gasteiger partial charge in [-0.2, -0.15) is 0 Å². The summed E-state index contributed by atoms with van der Waals surface area (Å²) in [4.78, 5) is 18.2. The SMILES string of the molecule is COCCNCCOc1ccc(I)cc1.O=C(O)C(=O)O. The molecule has 118 valence electrons. The van der Waals surface area contributed by atoms with Crippen LogP contribution in [0.4, 0.5) is 0 Å². The Bertz CT molecular complexity index is 411. The standard InChI is InChI=1S/C11H16INO2.C2H2O4/c1-14-8-6-13-7-9-15-11-4-2-10(12)3-5-11;3-1(4)2(5)6/h2-5,13H,6-9H2,1H3;(H,3,4)(H,5,6). The lowest BCUT2D eigenvalue weighted by atomic mass is 10.3. The highest BCUT2D eigenvalue weighted by atomic mass is 127. The van der Waals surface area contributed by atoms with Gasteiger partial charge in [-0.25, -0.2) is 9.59 Å². The Morgan fingerprint density at radius 1 is 1.10 bits per heavy atom. The molecule has 0 saturated carbocycles. The summed E-state index contributed by atoms with van der Waals surface area (Å²) < 4.78 is 11.7. The zero-order valence-electron chi connectivity index (χ0n) is 11.5. The maximum Gasteiger partial charge on any atom is 0.414 e. The Hall–Kier alpha value is -1.39. The highest BCUT2D eigenvalue weighted by molar-refractivity contribution is 14.1. The van der Waals surface area contributed by atoms with E-state index in [-0.39, 0.29) is 0 Å². The number of methoxy groups -OCH3 is 1. The summed E-state index contributed by atoms with van der Waals surface area (Å²) in [5.74, 6) is -2.73. The van der Waals surface area contributed by atoms with Crippen molar-refractivity contribution in [3.05, 3.63) is 27.8 Å². The van der Waals surface area contributed by atoms with Gasteiger partial charge >= 0.3 is 11.9 Å². The Labute approximate surface area is 136 Å². The minimum absolute atomic E-state index is 0.685. The summed E-state index contributed by atoms with van der Waals surface area (Å²) in [6.45, 7) is 3.13. The van der Waals surface area contributed by atoms with Crippen LogP contribution in [0.1, 0.15) is 0 Å². The molecule has 1 aromatic rings. The van der Waals surface area contributed by atoms with E-state index in [4.69, 9.17) is 29.3 Å². The lowest BCUT2D eigenvalue weighted by molar-refractivity contribution is -0.159. The van der Waals surface area contributed by atoms with E-state index in [1.54, 1.807) is 7.11 Å². The number of hydrogen-bond acceptors (Lipinski definition) is 5. The van der Waals surface area contributed by atoms with Crippen LogP contribution in [0.2, 0.25) is 0 Å². The van der Waals surface area contributed by atoms with Crippen LogP contribution >= 0.6 is 22.6 Å². The first-order valence-electron chi connectivity index (χ1n) is 6.01. The number of nitrogens with one attached hydrogen (secondary N) is 1. The number of aliphatic carboxylic acids is 2. The number of carbonyl (C=O) groups is 2. The van der Waals surface area contributed by atoms with Crippen LogP contribution in [0.5, 0.6) is 5.75 Å². The first kappa shape index (κ1) is 19.6. The Morgan fingerprint density at radius 3 is 2.10 bits per heavy atom. The molecule has 7 nitrogen and oxygen atoms in total. The van der Waals surface area contributed by atoms with Crippen molar-refractivity contribution in [1.29, 1.82) is 0 Å². The fourth-order valence-electron chi connectivity index (χ4n) is 1.07. The molecular weight excluding hydrogens is 393 g/mol. The molecule has 0 aliphatic carbocycles. The predicted molar refractivity (Wildman–Crippen MR) is 84.7 cm³/mol. The smallest absolute Gasteiger partial charge is 0.414 e. The van der Waals surface area contributed by atoms with Gasteiger partial charge in [-0.1, -0.05) is 0 Å². The summed E-state index contributed by atoms with van der Waals surface area (Å²) in [7, 11) is 1.70. The van der Waals surface area contributed by atoms with Gasteiger partial charge in [0, 0.05) is 23.8 Å². The number of carboxylic acids is 2. The number of benzene rings is 1. The molecule has 1 aromatic carbocycles. The monoisotopic (exact) mass is 411 g/mol. The zero-order chi connectivity index (χ0) is 16.1. The number of carboxylic acid groups (broad SMARTS) is 2. The summed E-state index contributed by atoms with van der Waals surface area (Å²) >= 11 is 2.27. The molecular formula is C13H18INO6. The molecule has 0 heterocycles. The van der Waals surface area contributed by atoms with Gasteiger partial charge in [0.15, 0.2) is 0 Å². The molecule has 0 fully saturated rings. The highest BCUT2D eigenvalue weighted by Crippen LogP contribution is 2.12. The van der Waals surface area contributed by atoms with E-state index < -0.39 is 11.9 Å². The fraction of sp³-hybridized carbons (Fsp3) is 0.385. The van der Waals surface area contributed by atoms with Crippen molar-refractivity contribution >= 4 is 34.5 Å². The third-order valence-corrected chi connectivity index (χ3v) is 2.75. The number of hydrogen-bond donors (Lipinski definition) is 3. The van der Waals surface area contributed by atoms with E-state index in [2.05, 4.69) is 27.9 Å². The van der Waals surface area contributed by atoms with Crippen LogP contribution < -0.4 is 10.1 Å². The van der Waals surface area contributed by atoms with Crippen molar-refractivity contribution in [2.75, 3.05) is 33.4 Å². The van der Waals surface area contributed by atoms with Gasteiger partial charge in [-0.3, -0.25) is 0 Å². The summed E-state index contributed by atoms with van der Waals surface area (Å²) in [6, 6.07) is 8.04. The molecule has 0 amide bonds. The minimum atomic E-state index is -1.82. The summed E-state index contributed by atoms with van der Waals surface area (Å²) in [5.41, 5.74) is 0. The maximum absolute atomic E-state index is 9.10. The van der Waals surface area contributed by atoms with Crippen molar-refractivity contribution in [2.24, 2.45) is 0 Å². The third kappa shape index (κ3) is 12.1. The average molecular weight is 411 g/mol. The van der Waals surface area contributed by atoms with Gasteiger partial charge in [-0.15, -0.1) is 0 Å². The van der Waals surface area contributed by atoms with Gasteiger partial charge < -0.3 is 25.0 Å². The minimum Gasteiger partial charge on any atom is -0.492 e. The highest BCUT2D eigenvalue weighted by Gasteiger charge is 2.04. The number of ether oxygens (including phenoxy) is 2. The van der Waals surface area contributed by atoms with Crippen molar-refractivity contribution in [3.63, 3.8) is 0 Å². The van der Waals surface area contributed by atoms with Gasteiger partial charge in [-0.05, 0) is 46.9 Å². The molecule has 0 atom stereocenters. The third-order valence-electron chi connectivity index (χ3n) is 2.03. The first-order valence-corrected chi connectivity index (χ1v) is 7.09. The molecule has 0 bridgehead atoms. The molecule has 0 radical (unpaired) electrons. The van der Waals surface area contributed by atoms with Crippen LogP contribution in [0.3, 0.4) is 0 Å². The Balaban J connectivity index is 0.000000567. The van der Waals surface area contributed by atoms with Crippen LogP contribution in [0.25, 0.3) is 0 Å². The lowest BCUT2D eigenvalue weighted by Crippen LogP contribution is -2.24. The predicted octanol–water partition coefficient (Wildman–Crippen LogP) is 1.06. The van der Waals surface area contributed by atoms with Crippen molar-refractivity contribution < 1.29 is 29.3 Å². The average Bonchev–Trinajstić information content (AvgIpc) is 2.45. The zero-order valence-corrected chi connectivity index (χ0v) is 13.7. The topological polar surface area (TPSA) is 105 Å². The molecule has 0 aliphatic rings. The molecule has 8 heteroatoms. The normalized spacial score (nSPS) is 9.43. The fourth-order valence-corrected chi connectivity index (χ4v) is 1.43. The quantitative estimate of drug-likeness (QED) is 0.350. The Morgan fingerprint density at radius 2 is 1.62 bits per heavy atom. The van der Waals surface area contributed by atoms with E-state index in [0.717, 1.165) is 25.4 Å². The Kier molecular flexibility index (Phi) is 11.5.